The first-order valence-corrected chi connectivity index (χ1v) is 12.9. The van der Waals surface area contributed by atoms with Crippen LogP contribution in [-0.4, -0.2) is 18.4 Å². The second-order valence-corrected chi connectivity index (χ2v) is 20.4. The minimum absolute atomic E-state index is 1.10. The predicted molar refractivity (Wildman–Crippen MR) is 56.9 cm³/mol. The van der Waals surface area contributed by atoms with Gasteiger partial charge >= 0.3 is 76.7 Å². The quantitative estimate of drug-likeness (QED) is 0.649. The maximum absolute atomic E-state index is 2.49. The van der Waals surface area contributed by atoms with Crippen LogP contribution in [0.15, 0.2) is 0 Å². The molecule has 0 radical (unpaired) electrons. The van der Waals surface area contributed by atoms with Crippen LogP contribution in [0.2, 0.25) is 17.2 Å². The molecule has 1 heteroatoms. The van der Waals surface area contributed by atoms with Gasteiger partial charge < -0.3 is 0 Å². The Bertz CT molecular complexity index is 86.8. The Hall–Kier alpha value is 0.799. The van der Waals surface area contributed by atoms with Gasteiger partial charge in [-0.25, -0.2) is 0 Å². The van der Waals surface area contributed by atoms with Crippen LogP contribution in [0.4, 0.5) is 0 Å². The van der Waals surface area contributed by atoms with E-state index in [1.54, 1.807) is 13.3 Å². The SMILES string of the molecule is CC[CH](C)[Sn]([CH2]C)([CH2]C)[CH2]C. The van der Waals surface area contributed by atoms with Gasteiger partial charge in [-0.2, -0.15) is 0 Å². The van der Waals surface area contributed by atoms with E-state index in [1.807, 2.05) is 0 Å². The minimum atomic E-state index is -1.57. The topological polar surface area (TPSA) is 0 Å². The first kappa shape index (κ1) is 11.8. The summed E-state index contributed by atoms with van der Waals surface area (Å²) in [6.07, 6.45) is 1.42. The van der Waals surface area contributed by atoms with E-state index in [0.29, 0.717) is 0 Å². The van der Waals surface area contributed by atoms with Gasteiger partial charge in [0.15, 0.2) is 0 Å². The molecule has 0 amide bonds. The Balaban J connectivity index is 4.26. The van der Waals surface area contributed by atoms with E-state index < -0.39 is 18.4 Å². The van der Waals surface area contributed by atoms with Crippen LogP contribution in [0.25, 0.3) is 0 Å². The van der Waals surface area contributed by atoms with Gasteiger partial charge in [-0.15, -0.1) is 0 Å². The van der Waals surface area contributed by atoms with Crippen molar-refractivity contribution in [3.05, 3.63) is 0 Å². The van der Waals surface area contributed by atoms with Crippen molar-refractivity contribution in [1.29, 1.82) is 0 Å². The molecule has 0 aromatic carbocycles. The molecule has 68 valence electrons. The van der Waals surface area contributed by atoms with Crippen LogP contribution < -0.4 is 0 Å². The molecular formula is C10H24Sn. The average molecular weight is 263 g/mol. The molecule has 0 nitrogen and oxygen atoms in total. The van der Waals surface area contributed by atoms with Crippen LogP contribution in [0, 0.1) is 0 Å². The summed E-state index contributed by atoms with van der Waals surface area (Å²) >= 11 is -1.57. The second-order valence-electron chi connectivity index (χ2n) is 3.73. The van der Waals surface area contributed by atoms with Gasteiger partial charge in [0, 0.05) is 0 Å². The Morgan fingerprint density at radius 2 is 1.27 bits per heavy atom. The summed E-state index contributed by atoms with van der Waals surface area (Å²) in [6.45, 7) is 12.1. The van der Waals surface area contributed by atoms with Crippen molar-refractivity contribution in [3.8, 4) is 0 Å². The fraction of sp³-hybridized carbons (Fsp3) is 1.00. The van der Waals surface area contributed by atoms with Gasteiger partial charge in [-0.1, -0.05) is 0 Å². The van der Waals surface area contributed by atoms with Crippen LogP contribution in [-0.2, 0) is 0 Å². The first-order valence-electron chi connectivity index (χ1n) is 5.16. The first-order chi connectivity index (χ1) is 5.16. The van der Waals surface area contributed by atoms with Gasteiger partial charge in [0.2, 0.25) is 0 Å². The fourth-order valence-corrected chi connectivity index (χ4v) is 14.9. The Kier molecular flexibility index (Phi) is 5.84. The van der Waals surface area contributed by atoms with Crippen molar-refractivity contribution in [2.75, 3.05) is 0 Å². The van der Waals surface area contributed by atoms with E-state index in [9.17, 15) is 0 Å². The number of hydrogen-bond acceptors (Lipinski definition) is 0. The third-order valence-corrected chi connectivity index (χ3v) is 23.0. The molecule has 0 aliphatic carbocycles. The van der Waals surface area contributed by atoms with E-state index in [-0.39, 0.29) is 0 Å². The molecule has 1 unspecified atom stereocenters. The predicted octanol–water partition coefficient (Wildman–Crippen LogP) is 4.30. The Morgan fingerprint density at radius 1 is 0.909 bits per heavy atom. The fourth-order valence-electron chi connectivity index (χ4n) is 2.23. The van der Waals surface area contributed by atoms with Gasteiger partial charge in [0.05, 0.1) is 0 Å². The summed E-state index contributed by atoms with van der Waals surface area (Å²) < 4.78 is 5.76. The number of hydrogen-bond donors (Lipinski definition) is 0. The summed E-state index contributed by atoms with van der Waals surface area (Å²) in [5, 5.41) is 0. The molecule has 1 atom stereocenters. The normalized spacial score (nSPS) is 15.0. The monoisotopic (exact) mass is 264 g/mol. The molecule has 0 saturated carbocycles. The second kappa shape index (κ2) is 5.45. The van der Waals surface area contributed by atoms with Crippen molar-refractivity contribution < 1.29 is 0 Å². The Labute approximate surface area is 76.6 Å². The molecule has 0 heterocycles. The molecule has 0 N–H and O–H groups in total. The van der Waals surface area contributed by atoms with Crippen molar-refractivity contribution in [3.63, 3.8) is 0 Å². The van der Waals surface area contributed by atoms with E-state index >= 15 is 0 Å². The van der Waals surface area contributed by atoms with Crippen LogP contribution >= 0.6 is 0 Å². The van der Waals surface area contributed by atoms with Gasteiger partial charge in [0.25, 0.3) is 0 Å². The molecule has 0 aromatic rings. The molecule has 0 aromatic heterocycles. The molecule has 0 saturated heterocycles. The standard InChI is InChI=1S/C4H9.3C2H5.Sn/c1-3-4-2;3*1-2;/h3H,4H2,1-2H3;3*1H2,2H3;. The van der Waals surface area contributed by atoms with Crippen molar-refractivity contribution >= 4 is 18.4 Å². The summed E-state index contributed by atoms with van der Waals surface area (Å²) in [6, 6.07) is 0. The van der Waals surface area contributed by atoms with Crippen LogP contribution in [0.3, 0.4) is 0 Å². The van der Waals surface area contributed by atoms with Gasteiger partial charge in [-0.05, 0) is 0 Å². The van der Waals surface area contributed by atoms with Crippen molar-refractivity contribution in [1.82, 2.24) is 0 Å². The molecule has 0 spiro atoms. The van der Waals surface area contributed by atoms with E-state index in [0.717, 1.165) is 3.93 Å². The molecular weight excluding hydrogens is 239 g/mol. The molecule has 0 rings (SSSR count). The van der Waals surface area contributed by atoms with Gasteiger partial charge in [0.1, 0.15) is 0 Å². The molecule has 0 aliphatic rings. The van der Waals surface area contributed by atoms with Crippen molar-refractivity contribution in [2.45, 2.75) is 58.3 Å². The molecule has 0 fully saturated rings. The molecule has 0 aliphatic heterocycles. The summed E-state index contributed by atoms with van der Waals surface area (Å²) in [4.78, 5) is 0. The van der Waals surface area contributed by atoms with E-state index in [1.165, 1.54) is 6.42 Å². The van der Waals surface area contributed by atoms with Crippen LogP contribution in [0.5, 0.6) is 0 Å². The summed E-state index contributed by atoms with van der Waals surface area (Å²) in [5.74, 6) is 0. The zero-order valence-electron chi connectivity index (χ0n) is 8.91. The van der Waals surface area contributed by atoms with Crippen LogP contribution in [0.1, 0.15) is 41.0 Å². The zero-order chi connectivity index (χ0) is 8.91. The summed E-state index contributed by atoms with van der Waals surface area (Å²) in [5.41, 5.74) is 0. The summed E-state index contributed by atoms with van der Waals surface area (Å²) in [7, 11) is 0. The average Bonchev–Trinajstić information content (AvgIpc) is 2.08. The van der Waals surface area contributed by atoms with E-state index in [4.69, 9.17) is 0 Å². The van der Waals surface area contributed by atoms with E-state index in [2.05, 4.69) is 34.6 Å². The zero-order valence-corrected chi connectivity index (χ0v) is 11.8. The Morgan fingerprint density at radius 3 is 1.36 bits per heavy atom. The number of rotatable bonds is 5. The molecule has 0 bridgehead atoms. The maximum atomic E-state index is 2.49. The third-order valence-electron chi connectivity index (χ3n) is 3.77. The van der Waals surface area contributed by atoms with Crippen molar-refractivity contribution in [2.24, 2.45) is 0 Å². The third kappa shape index (κ3) is 2.64. The molecule has 11 heavy (non-hydrogen) atoms. The van der Waals surface area contributed by atoms with Gasteiger partial charge in [-0.3, -0.25) is 0 Å².